The van der Waals surface area contributed by atoms with Crippen molar-refractivity contribution in [2.24, 2.45) is 0 Å². The van der Waals surface area contributed by atoms with Crippen molar-refractivity contribution in [3.8, 4) is 0 Å². The van der Waals surface area contributed by atoms with Crippen LogP contribution in [0.25, 0.3) is 0 Å². The molecule has 2 rings (SSSR count). The van der Waals surface area contributed by atoms with E-state index in [4.69, 9.17) is 4.52 Å². The summed E-state index contributed by atoms with van der Waals surface area (Å²) in [4.78, 5) is 16.7. The first-order valence-electron chi connectivity index (χ1n) is 5.32. The lowest BCUT2D eigenvalue weighted by atomic mass is 10.3. The van der Waals surface area contributed by atoms with Crippen LogP contribution in [0.1, 0.15) is 16.6 Å². The van der Waals surface area contributed by atoms with Gasteiger partial charge in [-0.15, -0.1) is 11.3 Å². The van der Waals surface area contributed by atoms with Crippen LogP contribution < -0.4 is 5.32 Å². The maximum absolute atomic E-state index is 11.5. The Balaban J connectivity index is 1.71. The smallest absolute Gasteiger partial charge is 0.236 e. The summed E-state index contributed by atoms with van der Waals surface area (Å²) in [6.07, 6.45) is 0.998. The van der Waals surface area contributed by atoms with Gasteiger partial charge in [0.2, 0.25) is 11.8 Å². The standard InChI is InChI=1S/C11H13N3O2S/c1-8-13-11(16-14-8)7-10(15)12-5-4-9-3-2-6-17-9/h2-3,6H,4-5,7H2,1H3,(H,12,15). The lowest BCUT2D eigenvalue weighted by Crippen LogP contribution is -2.27. The third kappa shape index (κ3) is 3.67. The zero-order valence-corrected chi connectivity index (χ0v) is 10.3. The van der Waals surface area contributed by atoms with E-state index < -0.39 is 0 Å². The molecule has 17 heavy (non-hydrogen) atoms. The number of hydrogen-bond acceptors (Lipinski definition) is 5. The molecule has 2 aromatic heterocycles. The Bertz CT molecular complexity index is 479. The number of hydrogen-bond donors (Lipinski definition) is 1. The van der Waals surface area contributed by atoms with E-state index in [9.17, 15) is 4.79 Å². The highest BCUT2D eigenvalue weighted by molar-refractivity contribution is 7.09. The minimum atomic E-state index is -0.0924. The molecule has 0 aromatic carbocycles. The van der Waals surface area contributed by atoms with Crippen LogP contribution in [0.15, 0.2) is 22.0 Å². The van der Waals surface area contributed by atoms with E-state index in [0.717, 1.165) is 6.42 Å². The molecule has 1 amide bonds. The van der Waals surface area contributed by atoms with Crippen LogP contribution in [0.5, 0.6) is 0 Å². The van der Waals surface area contributed by atoms with Crippen LogP contribution in [-0.4, -0.2) is 22.6 Å². The molecule has 1 N–H and O–H groups in total. The van der Waals surface area contributed by atoms with Crippen molar-refractivity contribution in [3.05, 3.63) is 34.1 Å². The highest BCUT2D eigenvalue weighted by atomic mass is 32.1. The molecule has 0 aliphatic carbocycles. The maximum atomic E-state index is 11.5. The number of nitrogens with zero attached hydrogens (tertiary/aromatic N) is 2. The number of nitrogens with one attached hydrogen (secondary N) is 1. The molecule has 0 atom stereocenters. The predicted octanol–water partition coefficient (Wildman–Crippen LogP) is 1.34. The summed E-state index contributed by atoms with van der Waals surface area (Å²) >= 11 is 1.69. The summed E-state index contributed by atoms with van der Waals surface area (Å²) in [7, 11) is 0. The first-order valence-corrected chi connectivity index (χ1v) is 6.20. The van der Waals surface area contributed by atoms with E-state index in [1.165, 1.54) is 4.88 Å². The molecule has 0 unspecified atom stereocenters. The second-order valence-corrected chi connectivity index (χ2v) is 4.62. The quantitative estimate of drug-likeness (QED) is 0.870. The largest absolute Gasteiger partial charge is 0.355 e. The zero-order chi connectivity index (χ0) is 12.1. The molecule has 6 heteroatoms. The van der Waals surface area contributed by atoms with E-state index in [2.05, 4.69) is 21.5 Å². The van der Waals surface area contributed by atoms with Gasteiger partial charge in [-0.25, -0.2) is 0 Å². The van der Waals surface area contributed by atoms with Crippen LogP contribution in [0, 0.1) is 6.92 Å². The lowest BCUT2D eigenvalue weighted by molar-refractivity contribution is -0.120. The number of aryl methyl sites for hydroxylation is 1. The first kappa shape index (κ1) is 11.8. The van der Waals surface area contributed by atoms with E-state index in [1.54, 1.807) is 18.3 Å². The van der Waals surface area contributed by atoms with Crippen LogP contribution in [0.4, 0.5) is 0 Å². The summed E-state index contributed by atoms with van der Waals surface area (Å²) in [5, 5.41) is 8.47. The van der Waals surface area contributed by atoms with Gasteiger partial charge in [-0.2, -0.15) is 4.98 Å². The third-order valence-corrected chi connectivity index (χ3v) is 3.09. The maximum Gasteiger partial charge on any atom is 0.236 e. The normalized spacial score (nSPS) is 10.4. The van der Waals surface area contributed by atoms with Gasteiger partial charge in [0, 0.05) is 11.4 Å². The van der Waals surface area contributed by atoms with E-state index in [0.29, 0.717) is 18.3 Å². The summed E-state index contributed by atoms with van der Waals surface area (Å²) in [6.45, 7) is 2.36. The second-order valence-electron chi connectivity index (χ2n) is 3.59. The van der Waals surface area contributed by atoms with Crippen LogP contribution >= 0.6 is 11.3 Å². The highest BCUT2D eigenvalue weighted by Crippen LogP contribution is 2.08. The van der Waals surface area contributed by atoms with Crippen molar-refractivity contribution >= 4 is 17.2 Å². The molecule has 0 saturated heterocycles. The van der Waals surface area contributed by atoms with Crippen molar-refractivity contribution in [2.75, 3.05) is 6.54 Å². The van der Waals surface area contributed by atoms with Gasteiger partial charge < -0.3 is 9.84 Å². The molecule has 90 valence electrons. The average molecular weight is 251 g/mol. The Kier molecular flexibility index (Phi) is 3.87. The van der Waals surface area contributed by atoms with Gasteiger partial charge >= 0.3 is 0 Å². The minimum Gasteiger partial charge on any atom is -0.355 e. The lowest BCUT2D eigenvalue weighted by Gasteiger charge is -2.01. The molecule has 2 heterocycles. The summed E-state index contributed by atoms with van der Waals surface area (Å²) in [6, 6.07) is 4.06. The SMILES string of the molecule is Cc1noc(CC(=O)NCCc2cccs2)n1. The Hall–Kier alpha value is -1.69. The van der Waals surface area contributed by atoms with Gasteiger partial charge in [-0.3, -0.25) is 4.79 Å². The number of carbonyl (C=O) groups is 1. The number of rotatable bonds is 5. The van der Waals surface area contributed by atoms with Crippen LogP contribution in [0.3, 0.4) is 0 Å². The van der Waals surface area contributed by atoms with Gasteiger partial charge in [0.05, 0.1) is 0 Å². The van der Waals surface area contributed by atoms with E-state index in [-0.39, 0.29) is 12.3 Å². The molecule has 2 aromatic rings. The Labute approximate surface area is 103 Å². The third-order valence-electron chi connectivity index (χ3n) is 2.16. The molecule has 0 radical (unpaired) electrons. The molecule has 0 fully saturated rings. The van der Waals surface area contributed by atoms with Crippen LogP contribution in [-0.2, 0) is 17.6 Å². The Morgan fingerprint density at radius 3 is 3.12 bits per heavy atom. The monoisotopic (exact) mass is 251 g/mol. The summed E-state index contributed by atoms with van der Waals surface area (Å²) < 4.78 is 4.87. The van der Waals surface area contributed by atoms with Gasteiger partial charge in [0.25, 0.3) is 0 Å². The number of thiophene rings is 1. The van der Waals surface area contributed by atoms with Crippen molar-refractivity contribution < 1.29 is 9.32 Å². The topological polar surface area (TPSA) is 68.0 Å². The van der Waals surface area contributed by atoms with E-state index in [1.807, 2.05) is 11.4 Å². The minimum absolute atomic E-state index is 0.0924. The van der Waals surface area contributed by atoms with Crippen molar-refractivity contribution in [1.82, 2.24) is 15.5 Å². The molecule has 5 nitrogen and oxygen atoms in total. The fourth-order valence-electron chi connectivity index (χ4n) is 1.39. The molecular formula is C11H13N3O2S. The fourth-order valence-corrected chi connectivity index (χ4v) is 2.10. The van der Waals surface area contributed by atoms with Crippen LogP contribution in [0.2, 0.25) is 0 Å². The van der Waals surface area contributed by atoms with Gasteiger partial charge in [0.15, 0.2) is 5.82 Å². The van der Waals surface area contributed by atoms with Crippen molar-refractivity contribution in [1.29, 1.82) is 0 Å². The Morgan fingerprint density at radius 2 is 2.47 bits per heavy atom. The summed E-state index contributed by atoms with van der Waals surface area (Å²) in [5.74, 6) is 0.813. The van der Waals surface area contributed by atoms with Gasteiger partial charge in [-0.1, -0.05) is 11.2 Å². The van der Waals surface area contributed by atoms with Gasteiger partial charge in [-0.05, 0) is 24.8 Å². The molecule has 0 spiro atoms. The molecule has 0 saturated carbocycles. The number of aromatic nitrogens is 2. The number of amides is 1. The summed E-state index contributed by atoms with van der Waals surface area (Å²) in [5.41, 5.74) is 0. The molecule has 0 bridgehead atoms. The molecule has 0 aliphatic heterocycles. The fraction of sp³-hybridized carbons (Fsp3) is 0.364. The predicted molar refractivity (Wildman–Crippen MR) is 63.8 cm³/mol. The Morgan fingerprint density at radius 1 is 1.59 bits per heavy atom. The molecular weight excluding hydrogens is 238 g/mol. The van der Waals surface area contributed by atoms with Gasteiger partial charge in [0.1, 0.15) is 6.42 Å². The number of carbonyl (C=O) groups excluding carboxylic acids is 1. The average Bonchev–Trinajstić information content (AvgIpc) is 2.90. The molecule has 0 aliphatic rings. The van der Waals surface area contributed by atoms with E-state index >= 15 is 0 Å². The van der Waals surface area contributed by atoms with Crippen molar-refractivity contribution in [2.45, 2.75) is 19.8 Å². The highest BCUT2D eigenvalue weighted by Gasteiger charge is 2.08. The van der Waals surface area contributed by atoms with Crippen molar-refractivity contribution in [3.63, 3.8) is 0 Å². The zero-order valence-electron chi connectivity index (χ0n) is 9.47. The first-order chi connectivity index (χ1) is 8.24. The second kappa shape index (κ2) is 5.58.